The number of pyridine rings is 1. The van der Waals surface area contributed by atoms with E-state index >= 15 is 0 Å². The molecule has 1 aromatic carbocycles. The third-order valence-corrected chi connectivity index (χ3v) is 5.09. The van der Waals surface area contributed by atoms with Gasteiger partial charge in [-0.2, -0.15) is 15.6 Å². The number of thioether (sulfide) groups is 1. The van der Waals surface area contributed by atoms with E-state index in [1.165, 1.54) is 24.0 Å². The lowest BCUT2D eigenvalue weighted by molar-refractivity contribution is 0.886. The number of aromatic nitrogens is 5. The number of fused-ring (bicyclic) bond motifs is 1. The van der Waals surface area contributed by atoms with Crippen LogP contribution in [0.3, 0.4) is 0 Å². The number of aromatic amines is 1. The molecular formula is C19H12N8OS. The van der Waals surface area contributed by atoms with E-state index in [2.05, 4.69) is 20.1 Å². The van der Waals surface area contributed by atoms with Crippen molar-refractivity contribution in [3.63, 3.8) is 0 Å². The summed E-state index contributed by atoms with van der Waals surface area (Å²) in [6, 6.07) is 14.7. The van der Waals surface area contributed by atoms with Crippen LogP contribution >= 0.6 is 11.8 Å². The minimum atomic E-state index is -0.305. The SMILES string of the molecule is N#Cc1cc(C#N)c(SCc2nc3c(cnn3-c3ccccc3)c(=O)[nH]2)nc1N. The van der Waals surface area contributed by atoms with Crippen molar-refractivity contribution in [1.29, 1.82) is 10.5 Å². The fourth-order valence-corrected chi connectivity index (χ4v) is 3.55. The predicted molar refractivity (Wildman–Crippen MR) is 107 cm³/mol. The summed E-state index contributed by atoms with van der Waals surface area (Å²) in [5.74, 6) is 0.699. The summed E-state index contributed by atoms with van der Waals surface area (Å²) >= 11 is 1.19. The van der Waals surface area contributed by atoms with Gasteiger partial charge in [0.15, 0.2) is 5.65 Å². The van der Waals surface area contributed by atoms with E-state index in [0.29, 0.717) is 21.9 Å². The molecule has 4 rings (SSSR count). The topological polar surface area (TPSA) is 150 Å². The summed E-state index contributed by atoms with van der Waals surface area (Å²) in [6.45, 7) is 0. The molecule has 0 atom stereocenters. The first-order valence-electron chi connectivity index (χ1n) is 8.36. The number of anilines is 1. The number of benzene rings is 1. The molecule has 4 aromatic rings. The van der Waals surface area contributed by atoms with Crippen LogP contribution in [-0.2, 0) is 5.75 Å². The molecule has 0 amide bonds. The highest BCUT2D eigenvalue weighted by Gasteiger charge is 2.14. The van der Waals surface area contributed by atoms with Gasteiger partial charge in [0.05, 0.1) is 28.8 Å². The maximum atomic E-state index is 12.4. The lowest BCUT2D eigenvalue weighted by atomic mass is 10.2. The zero-order valence-electron chi connectivity index (χ0n) is 14.8. The van der Waals surface area contributed by atoms with Gasteiger partial charge in [-0.15, -0.1) is 0 Å². The molecule has 0 aliphatic carbocycles. The smallest absolute Gasteiger partial charge is 0.262 e. The average molecular weight is 400 g/mol. The summed E-state index contributed by atoms with van der Waals surface area (Å²) < 4.78 is 1.59. The second kappa shape index (κ2) is 7.46. The molecule has 0 aliphatic heterocycles. The number of nitriles is 2. The number of hydrogen-bond donors (Lipinski definition) is 2. The van der Waals surface area contributed by atoms with E-state index in [9.17, 15) is 10.1 Å². The predicted octanol–water partition coefficient (Wildman–Crippen LogP) is 2.12. The number of nitrogen functional groups attached to an aromatic ring is 1. The van der Waals surface area contributed by atoms with Gasteiger partial charge >= 0.3 is 0 Å². The number of nitrogens with two attached hydrogens (primary N) is 1. The Hall–Kier alpha value is -4.15. The van der Waals surface area contributed by atoms with Crippen LogP contribution in [0.4, 0.5) is 5.82 Å². The van der Waals surface area contributed by atoms with E-state index in [-0.39, 0.29) is 28.3 Å². The van der Waals surface area contributed by atoms with Gasteiger partial charge in [0.2, 0.25) is 0 Å². The van der Waals surface area contributed by atoms with Crippen molar-refractivity contribution in [3.8, 4) is 17.8 Å². The van der Waals surface area contributed by atoms with E-state index in [1.807, 2.05) is 42.5 Å². The molecule has 0 fully saturated rings. The Balaban J connectivity index is 1.70. The first-order chi connectivity index (χ1) is 14.1. The molecule has 10 heteroatoms. The van der Waals surface area contributed by atoms with Gasteiger partial charge < -0.3 is 10.7 Å². The van der Waals surface area contributed by atoms with Gasteiger partial charge in [0, 0.05) is 0 Å². The summed E-state index contributed by atoms with van der Waals surface area (Å²) in [4.78, 5) is 23.8. The molecule has 0 saturated heterocycles. The van der Waals surface area contributed by atoms with Crippen molar-refractivity contribution in [3.05, 3.63) is 69.9 Å². The van der Waals surface area contributed by atoms with Crippen molar-refractivity contribution in [2.24, 2.45) is 0 Å². The third-order valence-electron chi connectivity index (χ3n) is 4.09. The minimum Gasteiger partial charge on any atom is -0.383 e. The molecule has 9 nitrogen and oxygen atoms in total. The minimum absolute atomic E-state index is 0.0491. The van der Waals surface area contributed by atoms with Crippen molar-refractivity contribution < 1.29 is 0 Å². The van der Waals surface area contributed by atoms with Gasteiger partial charge in [-0.05, 0) is 18.2 Å². The highest BCUT2D eigenvalue weighted by molar-refractivity contribution is 7.98. The summed E-state index contributed by atoms with van der Waals surface area (Å²) in [5, 5.41) is 23.3. The van der Waals surface area contributed by atoms with Crippen LogP contribution in [0.25, 0.3) is 16.7 Å². The van der Waals surface area contributed by atoms with E-state index in [0.717, 1.165) is 5.69 Å². The number of para-hydroxylation sites is 1. The summed E-state index contributed by atoms with van der Waals surface area (Å²) in [5.41, 5.74) is 7.04. The van der Waals surface area contributed by atoms with Crippen LogP contribution in [0.2, 0.25) is 0 Å². The largest absolute Gasteiger partial charge is 0.383 e. The molecule has 3 N–H and O–H groups in total. The number of rotatable bonds is 4. The Labute approximate surface area is 168 Å². The van der Waals surface area contributed by atoms with Gasteiger partial charge in [-0.25, -0.2) is 14.6 Å². The molecule has 3 aromatic heterocycles. The molecule has 0 bridgehead atoms. The third kappa shape index (κ3) is 3.40. The van der Waals surface area contributed by atoms with Crippen LogP contribution in [-0.4, -0.2) is 24.7 Å². The quantitative estimate of drug-likeness (QED) is 0.494. The highest BCUT2D eigenvalue weighted by Crippen LogP contribution is 2.26. The Morgan fingerprint density at radius 3 is 2.62 bits per heavy atom. The summed E-state index contributed by atoms with van der Waals surface area (Å²) in [6.07, 6.45) is 1.47. The number of nitrogens with one attached hydrogen (secondary N) is 1. The average Bonchev–Trinajstić information content (AvgIpc) is 3.17. The molecule has 0 radical (unpaired) electrons. The van der Waals surface area contributed by atoms with Gasteiger partial charge in [-0.1, -0.05) is 30.0 Å². The highest BCUT2D eigenvalue weighted by atomic mass is 32.2. The van der Waals surface area contributed by atoms with Crippen molar-refractivity contribution in [2.45, 2.75) is 10.8 Å². The van der Waals surface area contributed by atoms with Crippen molar-refractivity contribution in [2.75, 3.05) is 5.73 Å². The van der Waals surface area contributed by atoms with E-state index in [1.54, 1.807) is 4.68 Å². The van der Waals surface area contributed by atoms with Crippen LogP contribution in [0.1, 0.15) is 17.0 Å². The maximum absolute atomic E-state index is 12.4. The molecule has 0 aliphatic rings. The molecule has 29 heavy (non-hydrogen) atoms. The van der Waals surface area contributed by atoms with Crippen molar-refractivity contribution in [1.82, 2.24) is 24.7 Å². The van der Waals surface area contributed by atoms with E-state index < -0.39 is 0 Å². The van der Waals surface area contributed by atoms with Gasteiger partial charge in [-0.3, -0.25) is 4.79 Å². The van der Waals surface area contributed by atoms with Crippen molar-refractivity contribution >= 4 is 28.6 Å². The number of hydrogen-bond acceptors (Lipinski definition) is 8. The fourth-order valence-electron chi connectivity index (χ4n) is 2.72. The molecule has 140 valence electrons. The number of nitrogens with zero attached hydrogens (tertiary/aromatic N) is 6. The first kappa shape index (κ1) is 18.2. The molecule has 3 heterocycles. The fraction of sp³-hybridized carbons (Fsp3) is 0.0526. The maximum Gasteiger partial charge on any atom is 0.262 e. The lowest BCUT2D eigenvalue weighted by Gasteiger charge is -2.06. The Morgan fingerprint density at radius 2 is 1.90 bits per heavy atom. The lowest BCUT2D eigenvalue weighted by Crippen LogP contribution is -2.12. The molecule has 0 spiro atoms. The standard InChI is InChI=1S/C19H12N8OS/c20-7-11-6-12(8-21)19(26-16(11)22)29-10-15-24-17-14(18(28)25-15)9-23-27(17)13-4-2-1-3-5-13/h1-6,9H,10H2,(H2,22,26)(H,24,25,28). The van der Waals surface area contributed by atoms with Gasteiger partial charge in [0.25, 0.3) is 5.56 Å². The van der Waals surface area contributed by atoms with Gasteiger partial charge in [0.1, 0.15) is 34.2 Å². The molecule has 0 saturated carbocycles. The van der Waals surface area contributed by atoms with E-state index in [4.69, 9.17) is 11.0 Å². The Kier molecular flexibility index (Phi) is 4.69. The second-order valence-electron chi connectivity index (χ2n) is 5.93. The summed E-state index contributed by atoms with van der Waals surface area (Å²) in [7, 11) is 0. The van der Waals surface area contributed by atoms with Crippen LogP contribution in [0.15, 0.2) is 52.4 Å². The molecular weight excluding hydrogens is 388 g/mol. The van der Waals surface area contributed by atoms with Crippen LogP contribution in [0, 0.1) is 22.7 Å². The monoisotopic (exact) mass is 400 g/mol. The Morgan fingerprint density at radius 1 is 1.14 bits per heavy atom. The number of H-pyrrole nitrogens is 1. The van der Waals surface area contributed by atoms with Crippen LogP contribution in [0.5, 0.6) is 0 Å². The molecule has 0 unspecified atom stereocenters. The zero-order valence-corrected chi connectivity index (χ0v) is 15.6. The normalized spacial score (nSPS) is 10.6. The van der Waals surface area contributed by atoms with Crippen LogP contribution < -0.4 is 11.3 Å². The first-order valence-corrected chi connectivity index (χ1v) is 9.35. The Bertz CT molecular complexity index is 1360. The second-order valence-corrected chi connectivity index (χ2v) is 6.89. The zero-order chi connectivity index (χ0) is 20.4.